The van der Waals surface area contributed by atoms with Crippen LogP contribution in [0.1, 0.15) is 30.1 Å². The molecule has 21 heavy (non-hydrogen) atoms. The number of sulfonamides is 1. The van der Waals surface area contributed by atoms with E-state index in [1.807, 2.05) is 0 Å². The summed E-state index contributed by atoms with van der Waals surface area (Å²) in [5.74, 6) is 0. The molecule has 114 valence electrons. The van der Waals surface area contributed by atoms with Crippen molar-refractivity contribution < 1.29 is 13.5 Å². The zero-order valence-corrected chi connectivity index (χ0v) is 12.2. The average Bonchev–Trinajstić information content (AvgIpc) is 3.09. The van der Waals surface area contributed by atoms with Crippen LogP contribution in [0.4, 0.5) is 0 Å². The quantitative estimate of drug-likeness (QED) is 0.717. The first-order valence-electron chi connectivity index (χ1n) is 6.78. The van der Waals surface area contributed by atoms with Gasteiger partial charge in [-0.1, -0.05) is 0 Å². The minimum absolute atomic E-state index is 0.0126. The third-order valence-electron chi connectivity index (χ3n) is 3.63. The van der Waals surface area contributed by atoms with Gasteiger partial charge in [0.15, 0.2) is 5.03 Å². The van der Waals surface area contributed by atoms with E-state index in [0.29, 0.717) is 6.54 Å². The highest BCUT2D eigenvalue weighted by atomic mass is 32.2. The third-order valence-corrected chi connectivity index (χ3v) is 5.03. The first kappa shape index (κ1) is 14.2. The van der Waals surface area contributed by atoms with Gasteiger partial charge in [-0.3, -0.25) is 4.68 Å². The van der Waals surface area contributed by atoms with Crippen LogP contribution in [-0.2, 0) is 23.0 Å². The Morgan fingerprint density at radius 3 is 3.05 bits per heavy atom. The molecule has 0 fully saturated rings. The molecule has 0 radical (unpaired) electrons. The molecular weight excluding hydrogens is 294 g/mol. The highest BCUT2D eigenvalue weighted by Gasteiger charge is 2.28. The van der Waals surface area contributed by atoms with Crippen LogP contribution in [-0.4, -0.2) is 39.9 Å². The van der Waals surface area contributed by atoms with Gasteiger partial charge in [-0.2, -0.15) is 5.10 Å². The number of hydrogen-bond acceptors (Lipinski definition) is 5. The molecule has 1 aliphatic carbocycles. The lowest BCUT2D eigenvalue weighted by Crippen LogP contribution is -2.31. The summed E-state index contributed by atoms with van der Waals surface area (Å²) in [5.41, 5.74) is 1.88. The molecule has 0 saturated heterocycles. The molecular formula is C12H17N5O3S. The maximum atomic E-state index is 12.3. The maximum absolute atomic E-state index is 12.3. The minimum Gasteiger partial charge on any atom is -0.394 e. The summed E-state index contributed by atoms with van der Waals surface area (Å²) in [4.78, 5) is 6.34. The number of aliphatic hydroxyl groups is 1. The molecule has 2 aromatic heterocycles. The largest absolute Gasteiger partial charge is 0.394 e. The zero-order valence-electron chi connectivity index (χ0n) is 11.4. The van der Waals surface area contributed by atoms with Gasteiger partial charge in [0.1, 0.15) is 0 Å². The summed E-state index contributed by atoms with van der Waals surface area (Å²) in [5, 5.41) is 13.3. The van der Waals surface area contributed by atoms with E-state index in [0.717, 1.165) is 30.5 Å². The van der Waals surface area contributed by atoms with E-state index < -0.39 is 10.0 Å². The Morgan fingerprint density at radius 2 is 2.33 bits per heavy atom. The van der Waals surface area contributed by atoms with Crippen molar-refractivity contribution in [3.8, 4) is 0 Å². The number of imidazole rings is 1. The number of rotatable bonds is 5. The molecule has 1 unspecified atom stereocenters. The molecule has 3 N–H and O–H groups in total. The molecule has 0 bridgehead atoms. The predicted molar refractivity (Wildman–Crippen MR) is 73.9 cm³/mol. The molecule has 0 aliphatic heterocycles. The highest BCUT2D eigenvalue weighted by Crippen LogP contribution is 2.30. The van der Waals surface area contributed by atoms with Crippen molar-refractivity contribution in [2.75, 3.05) is 6.61 Å². The molecule has 2 heterocycles. The molecule has 0 aromatic carbocycles. The van der Waals surface area contributed by atoms with Crippen molar-refractivity contribution in [3.05, 3.63) is 30.0 Å². The van der Waals surface area contributed by atoms with Crippen molar-refractivity contribution in [2.24, 2.45) is 0 Å². The Bertz CT molecular complexity index is 707. The molecule has 8 nitrogen and oxygen atoms in total. The Morgan fingerprint density at radius 1 is 1.48 bits per heavy atom. The summed E-state index contributed by atoms with van der Waals surface area (Å²) in [6, 6.07) is -0.297. The average molecular weight is 311 g/mol. The minimum atomic E-state index is -3.62. The van der Waals surface area contributed by atoms with Gasteiger partial charge >= 0.3 is 0 Å². The molecule has 2 aromatic rings. The normalized spacial score (nSPS) is 18.6. The van der Waals surface area contributed by atoms with Crippen LogP contribution in [0, 0.1) is 0 Å². The molecule has 9 heteroatoms. The second-order valence-corrected chi connectivity index (χ2v) is 6.66. The lowest BCUT2D eigenvalue weighted by Gasteiger charge is -2.23. The van der Waals surface area contributed by atoms with Gasteiger partial charge in [0.2, 0.25) is 0 Å². The van der Waals surface area contributed by atoms with E-state index in [-0.39, 0.29) is 17.7 Å². The third kappa shape index (κ3) is 2.71. The van der Waals surface area contributed by atoms with Crippen molar-refractivity contribution >= 4 is 10.0 Å². The first-order valence-corrected chi connectivity index (χ1v) is 8.26. The van der Waals surface area contributed by atoms with Crippen LogP contribution in [0.2, 0.25) is 0 Å². The van der Waals surface area contributed by atoms with Gasteiger partial charge in [0.05, 0.1) is 37.9 Å². The van der Waals surface area contributed by atoms with Crippen molar-refractivity contribution in [3.63, 3.8) is 0 Å². The second kappa shape index (κ2) is 5.58. The topological polar surface area (TPSA) is 113 Å². The zero-order chi connectivity index (χ0) is 14.9. The number of aromatic nitrogens is 4. The predicted octanol–water partition coefficient (Wildman–Crippen LogP) is -0.0456. The summed E-state index contributed by atoms with van der Waals surface area (Å²) < 4.78 is 28.9. The SMILES string of the molecule is O=S(=O)(NC1CCCc2c1cnn2CCO)c1cnc[nH]1. The van der Waals surface area contributed by atoms with E-state index in [4.69, 9.17) is 5.11 Å². The fourth-order valence-electron chi connectivity index (χ4n) is 2.67. The smallest absolute Gasteiger partial charge is 0.258 e. The summed E-state index contributed by atoms with van der Waals surface area (Å²) in [6.45, 7) is 0.439. The highest BCUT2D eigenvalue weighted by molar-refractivity contribution is 7.89. The van der Waals surface area contributed by atoms with Crippen LogP contribution in [0.5, 0.6) is 0 Å². The second-order valence-electron chi connectivity index (χ2n) is 4.98. The van der Waals surface area contributed by atoms with Crippen molar-refractivity contribution in [2.45, 2.75) is 36.9 Å². The van der Waals surface area contributed by atoms with Crippen LogP contribution < -0.4 is 4.72 Å². The van der Waals surface area contributed by atoms with Gasteiger partial charge in [-0.25, -0.2) is 18.1 Å². The summed E-state index contributed by atoms with van der Waals surface area (Å²) >= 11 is 0. The van der Waals surface area contributed by atoms with Crippen molar-refractivity contribution in [1.29, 1.82) is 0 Å². The monoisotopic (exact) mass is 311 g/mol. The molecule has 1 atom stereocenters. The van der Waals surface area contributed by atoms with Crippen LogP contribution in [0.3, 0.4) is 0 Å². The molecule has 0 spiro atoms. The molecule has 0 amide bonds. The van der Waals surface area contributed by atoms with Gasteiger partial charge in [0, 0.05) is 11.3 Å². The standard InChI is InChI=1S/C12H17N5O3S/c18-5-4-17-11-3-1-2-10(9(11)6-15-17)16-21(19,20)12-7-13-8-14-12/h6-8,10,16,18H,1-5H2,(H,13,14). The van der Waals surface area contributed by atoms with Crippen LogP contribution >= 0.6 is 0 Å². The Kier molecular flexibility index (Phi) is 3.79. The van der Waals surface area contributed by atoms with Crippen molar-refractivity contribution in [1.82, 2.24) is 24.5 Å². The Hall–Kier alpha value is -1.71. The fraction of sp³-hybridized carbons (Fsp3) is 0.500. The molecule has 0 saturated carbocycles. The number of nitrogens with one attached hydrogen (secondary N) is 2. The Balaban J connectivity index is 1.86. The summed E-state index contributed by atoms with van der Waals surface area (Å²) in [6.07, 6.45) is 6.74. The van der Waals surface area contributed by atoms with E-state index in [1.165, 1.54) is 12.5 Å². The number of hydrogen-bond donors (Lipinski definition) is 3. The number of nitrogens with zero attached hydrogens (tertiary/aromatic N) is 3. The van der Waals surface area contributed by atoms with Gasteiger partial charge in [-0.05, 0) is 19.3 Å². The van der Waals surface area contributed by atoms with Gasteiger partial charge in [-0.15, -0.1) is 0 Å². The molecule has 1 aliphatic rings. The first-order chi connectivity index (χ1) is 10.1. The van der Waals surface area contributed by atoms with Crippen LogP contribution in [0.25, 0.3) is 0 Å². The molecule has 3 rings (SSSR count). The maximum Gasteiger partial charge on any atom is 0.258 e. The van der Waals surface area contributed by atoms with Gasteiger partial charge < -0.3 is 10.1 Å². The number of H-pyrrole nitrogens is 1. The number of fused-ring (bicyclic) bond motifs is 1. The van der Waals surface area contributed by atoms with E-state index in [1.54, 1.807) is 10.9 Å². The number of aromatic amines is 1. The van der Waals surface area contributed by atoms with Gasteiger partial charge in [0.25, 0.3) is 10.0 Å². The Labute approximate surface area is 122 Å². The summed E-state index contributed by atoms with van der Waals surface area (Å²) in [7, 11) is -3.62. The lowest BCUT2D eigenvalue weighted by atomic mass is 9.94. The van der Waals surface area contributed by atoms with Crippen LogP contribution in [0.15, 0.2) is 23.7 Å². The van der Waals surface area contributed by atoms with E-state index in [9.17, 15) is 8.42 Å². The van der Waals surface area contributed by atoms with E-state index in [2.05, 4.69) is 19.8 Å². The number of aliphatic hydroxyl groups excluding tert-OH is 1. The lowest BCUT2D eigenvalue weighted by molar-refractivity contribution is 0.266. The van der Waals surface area contributed by atoms with E-state index >= 15 is 0 Å². The fourth-order valence-corrected chi connectivity index (χ4v) is 3.82.